The molecule has 0 amide bonds. The lowest BCUT2D eigenvalue weighted by Gasteiger charge is -2.45. The molecule has 0 spiro atoms. The number of carboxylic acids is 1. The quantitative estimate of drug-likeness (QED) is 0.0303. The van der Waals surface area contributed by atoms with Crippen LogP contribution in [0.25, 0.3) is 0 Å². The highest BCUT2D eigenvalue weighted by atomic mass is 28.4. The van der Waals surface area contributed by atoms with Crippen molar-refractivity contribution >= 4 is 45.2 Å². The number of unbranched alkanes of at least 4 members (excludes halogenated alkanes) is 2. The van der Waals surface area contributed by atoms with Crippen molar-refractivity contribution in [3.63, 3.8) is 0 Å². The summed E-state index contributed by atoms with van der Waals surface area (Å²) in [6.07, 6.45) is 27.7. The van der Waals surface area contributed by atoms with Crippen molar-refractivity contribution in [1.82, 2.24) is 0 Å². The maximum atomic E-state index is 11.7. The Morgan fingerprint density at radius 2 is 0.722 bits per heavy atom. The number of ether oxygens (including phenoxy) is 1. The molecule has 12 heteroatoms. The zero-order chi connectivity index (χ0) is 73.2. The fourth-order valence-corrected chi connectivity index (χ4v) is 42.8. The predicted molar refractivity (Wildman–Crippen MR) is 428 cm³/mol. The van der Waals surface area contributed by atoms with Crippen LogP contribution in [0, 0.1) is 35.5 Å². The van der Waals surface area contributed by atoms with Gasteiger partial charge >= 0.3 is 11.9 Å². The monoisotopic (exact) mass is 1420 g/mol. The third-order valence-corrected chi connectivity index (χ3v) is 49.3. The lowest BCUT2D eigenvalue weighted by molar-refractivity contribution is -0.140. The fourth-order valence-electron chi connectivity index (χ4n) is 20.3. The van der Waals surface area contributed by atoms with Crippen LogP contribution in [0.2, 0.25) is 66.5 Å². The zero-order valence-corrected chi connectivity index (χ0v) is 71.8. The second kappa shape index (κ2) is 43.0. The first-order valence-electron chi connectivity index (χ1n) is 39.9. The van der Waals surface area contributed by atoms with E-state index in [-0.39, 0.29) is 30.7 Å². The van der Waals surface area contributed by atoms with Crippen LogP contribution in [0.1, 0.15) is 294 Å². The van der Waals surface area contributed by atoms with Gasteiger partial charge in [0.05, 0.1) is 7.11 Å². The Balaban J connectivity index is 0.000000505. The summed E-state index contributed by atoms with van der Waals surface area (Å²) in [5, 5.41) is 9.11. The van der Waals surface area contributed by atoms with Crippen molar-refractivity contribution in [2.45, 2.75) is 387 Å². The standard InChI is InChI=1S/C43H78O4Si2.C42H76O4Si2/c1-31(2)48(32(3)4,33(5)6)46-39(27-26-38-22-18-17-19-23-38)28-29-40-37(13)30-42(47-49(34(7)8,35(9)10)36(11)12)41(40)24-20-15-16-21-25-43(44)45-14;1-30(2)47(31(3)4,32(5)6)45-38(26-25-37-21-17-16-18-22-37)27-28-39-36(13)29-41(40(39)23-19-14-15-20-24-42(43)44)46-48(33(7)8,34(9)10)35(11)12/h15,17-20,22-23,31-37,39-42H,16,21,24-30H2,1-14H3;14,16-19,21-22,30-36,38-41H,15,20,23-29H2,1-13H3,(H,43,44)/b20-15-;19-14-/t37-,39+,40+,41-,42+;36-,38+,39+,40-,41+/m11/s1. The van der Waals surface area contributed by atoms with Gasteiger partial charge in [0.15, 0.2) is 0 Å². The van der Waals surface area contributed by atoms with E-state index in [1.165, 1.54) is 31.1 Å². The van der Waals surface area contributed by atoms with E-state index in [1.54, 1.807) is 0 Å². The van der Waals surface area contributed by atoms with Crippen LogP contribution in [-0.2, 0) is 44.9 Å². The third-order valence-electron chi connectivity index (χ3n) is 24.7. The summed E-state index contributed by atoms with van der Waals surface area (Å²) in [5.74, 6) is 2.60. The van der Waals surface area contributed by atoms with Crippen LogP contribution in [0.4, 0.5) is 0 Å². The van der Waals surface area contributed by atoms with E-state index in [4.69, 9.17) is 27.5 Å². The van der Waals surface area contributed by atoms with E-state index < -0.39 is 39.2 Å². The largest absolute Gasteiger partial charge is 0.481 e. The number of hydrogen-bond donors (Lipinski definition) is 1. The third kappa shape index (κ3) is 24.9. The average Bonchev–Trinajstić information content (AvgIpc) is 1.71. The molecule has 558 valence electrons. The molecule has 2 aliphatic rings. The van der Waals surface area contributed by atoms with E-state index in [1.807, 2.05) is 0 Å². The summed E-state index contributed by atoms with van der Waals surface area (Å²) in [7, 11) is -6.66. The minimum Gasteiger partial charge on any atom is -0.481 e. The number of rotatable bonds is 44. The molecule has 0 aliphatic heterocycles. The molecule has 97 heavy (non-hydrogen) atoms. The Bertz CT molecular complexity index is 2430. The van der Waals surface area contributed by atoms with Crippen molar-refractivity contribution in [1.29, 1.82) is 0 Å². The molecule has 0 heterocycles. The number of esters is 1. The second-order valence-electron chi connectivity index (χ2n) is 34.5. The number of carboxylic acid groups (broad SMARTS) is 1. The van der Waals surface area contributed by atoms with Gasteiger partial charge in [0.2, 0.25) is 33.3 Å². The molecule has 0 saturated heterocycles. The molecule has 2 fully saturated rings. The Kier molecular flexibility index (Phi) is 39.3. The van der Waals surface area contributed by atoms with Crippen molar-refractivity contribution in [2.75, 3.05) is 7.11 Å². The molecule has 2 aromatic carbocycles. The smallest absolute Gasteiger partial charge is 0.305 e. The lowest BCUT2D eigenvalue weighted by Crippen LogP contribution is -2.51. The van der Waals surface area contributed by atoms with Crippen LogP contribution in [0.5, 0.6) is 0 Å². The van der Waals surface area contributed by atoms with Crippen LogP contribution >= 0.6 is 0 Å². The Labute approximate surface area is 603 Å². The number of hydrogen-bond acceptors (Lipinski definition) is 7. The predicted octanol–water partition coefficient (Wildman–Crippen LogP) is 26.1. The second-order valence-corrected chi connectivity index (χ2v) is 56.1. The van der Waals surface area contributed by atoms with Gasteiger partial charge in [-0.3, -0.25) is 9.59 Å². The van der Waals surface area contributed by atoms with Crippen LogP contribution in [-0.4, -0.2) is 81.8 Å². The van der Waals surface area contributed by atoms with E-state index in [2.05, 4.69) is 265 Å². The summed E-state index contributed by atoms with van der Waals surface area (Å²) in [5.41, 5.74) is 9.69. The SMILES string of the molecule is CC(C)[Si](O[C@@H](CCc1ccccc1)CC[C@@H]1[C@@H](C/C=C\CCCC(=O)O)[C@@H](O[Si](C(C)C)(C(C)C)C(C)C)C[C@H]1C)(C(C)C)C(C)C.COC(=O)CCC/C=C\C[C@@H]1[C@@H](CC[C@H](CCc2ccccc2)O[Si](C(C)C)(C(C)C)C(C)C)[C@H](C)C[C@@H]1O[Si](C(C)C)(C(C)C)C(C)C. The number of carbonyl (C=O) groups is 2. The first kappa shape index (κ1) is 88.8. The Morgan fingerprint density at radius 1 is 0.423 bits per heavy atom. The molecule has 1 N–H and O–H groups in total. The van der Waals surface area contributed by atoms with Crippen molar-refractivity contribution < 1.29 is 37.1 Å². The summed E-state index contributed by atoms with van der Waals surface area (Å²) in [6, 6.07) is 22.0. The molecule has 2 saturated carbocycles. The molecule has 10 atom stereocenters. The van der Waals surface area contributed by atoms with Gasteiger partial charge in [0.25, 0.3) is 0 Å². The molecular weight excluding hydrogens is 1260 g/mol. The van der Waals surface area contributed by atoms with Crippen LogP contribution in [0.3, 0.4) is 0 Å². The van der Waals surface area contributed by atoms with Gasteiger partial charge in [-0.15, -0.1) is 0 Å². The maximum Gasteiger partial charge on any atom is 0.305 e. The molecule has 0 aromatic heterocycles. The van der Waals surface area contributed by atoms with Gasteiger partial charge in [-0.1, -0.05) is 265 Å². The fraction of sp³-hybridized carbons (Fsp3) is 0.788. The highest BCUT2D eigenvalue weighted by Gasteiger charge is 2.54. The summed E-state index contributed by atoms with van der Waals surface area (Å²) < 4.78 is 35.2. The molecular formula is C85H154O8Si4. The van der Waals surface area contributed by atoms with Crippen LogP contribution < -0.4 is 0 Å². The highest BCUT2D eigenvalue weighted by molar-refractivity contribution is 6.79. The van der Waals surface area contributed by atoms with Crippen molar-refractivity contribution in [3.05, 3.63) is 96.1 Å². The number of carbonyl (C=O) groups excluding carboxylic acids is 1. The summed E-state index contributed by atoms with van der Waals surface area (Å²) >= 11 is 0. The normalized spacial score (nSPS) is 21.5. The van der Waals surface area contributed by atoms with E-state index in [9.17, 15) is 9.59 Å². The number of aryl methyl sites for hydroxylation is 2. The number of methoxy groups -OCH3 is 1. The average molecular weight is 1420 g/mol. The molecule has 0 bridgehead atoms. The molecule has 4 rings (SSSR count). The summed E-state index contributed by atoms with van der Waals surface area (Å²) in [6.45, 7) is 62.9. The van der Waals surface area contributed by atoms with Crippen LogP contribution in [0.15, 0.2) is 85.0 Å². The molecule has 0 unspecified atom stereocenters. The number of benzene rings is 2. The first-order chi connectivity index (χ1) is 45.5. The van der Waals surface area contributed by atoms with E-state index in [0.29, 0.717) is 121 Å². The van der Waals surface area contributed by atoms with Gasteiger partial charge in [-0.2, -0.15) is 0 Å². The molecule has 2 aliphatic carbocycles. The number of aliphatic carboxylic acids is 1. The maximum absolute atomic E-state index is 11.7. The molecule has 2 aromatic rings. The van der Waals surface area contributed by atoms with E-state index >= 15 is 0 Å². The van der Waals surface area contributed by atoms with Gasteiger partial charge in [-0.05, 0) is 216 Å². The van der Waals surface area contributed by atoms with Gasteiger partial charge in [0, 0.05) is 37.3 Å². The molecule has 0 radical (unpaired) electrons. The lowest BCUT2D eigenvalue weighted by atomic mass is 9.83. The Hall–Kier alpha value is -2.43. The first-order valence-corrected chi connectivity index (χ1v) is 48.5. The minimum absolute atomic E-state index is 0.118. The topological polar surface area (TPSA) is 101 Å². The number of allylic oxidation sites excluding steroid dienone is 4. The zero-order valence-electron chi connectivity index (χ0n) is 67.8. The van der Waals surface area contributed by atoms with Crippen molar-refractivity contribution in [2.24, 2.45) is 35.5 Å². The minimum atomic E-state index is -2.04. The highest BCUT2D eigenvalue weighted by Crippen LogP contribution is 2.54. The Morgan fingerprint density at radius 3 is 1.00 bits per heavy atom. The van der Waals surface area contributed by atoms with Gasteiger partial charge in [0.1, 0.15) is 0 Å². The van der Waals surface area contributed by atoms with Gasteiger partial charge in [-0.25, -0.2) is 0 Å². The molecule has 8 nitrogen and oxygen atoms in total. The van der Waals surface area contributed by atoms with Gasteiger partial charge < -0.3 is 27.5 Å². The van der Waals surface area contributed by atoms with E-state index in [0.717, 1.165) is 83.5 Å². The summed E-state index contributed by atoms with van der Waals surface area (Å²) in [4.78, 5) is 22.7. The van der Waals surface area contributed by atoms with Crippen molar-refractivity contribution in [3.8, 4) is 0 Å².